The molecule has 0 amide bonds. The van der Waals surface area contributed by atoms with Crippen LogP contribution in [0.4, 0.5) is 0 Å². The highest BCUT2D eigenvalue weighted by Crippen LogP contribution is 2.51. The van der Waals surface area contributed by atoms with Gasteiger partial charge in [0, 0.05) is 13.2 Å². The molecule has 0 aromatic heterocycles. The number of hydrogen-bond acceptors (Lipinski definition) is 3. The van der Waals surface area contributed by atoms with Gasteiger partial charge in [0.15, 0.2) is 0 Å². The van der Waals surface area contributed by atoms with Gasteiger partial charge >= 0.3 is 0 Å². The van der Waals surface area contributed by atoms with Gasteiger partial charge in [-0.2, -0.15) is 0 Å². The summed E-state index contributed by atoms with van der Waals surface area (Å²) in [5.41, 5.74) is 0.803. The maximum absolute atomic E-state index is 11.6. The molecule has 0 unspecified atom stereocenters. The molecule has 1 aromatic rings. The van der Waals surface area contributed by atoms with Crippen molar-refractivity contribution >= 4 is 6.08 Å². The monoisotopic (exact) mass is 302 g/mol. The van der Waals surface area contributed by atoms with Gasteiger partial charge in [-0.25, -0.2) is 0 Å². The van der Waals surface area contributed by atoms with Gasteiger partial charge in [-0.3, -0.25) is 0 Å². The molecule has 1 saturated carbocycles. The summed E-state index contributed by atoms with van der Waals surface area (Å²) in [7, 11) is 0. The first-order chi connectivity index (χ1) is 10.7. The Hall–Kier alpha value is -1.16. The van der Waals surface area contributed by atoms with Crippen LogP contribution >= 0.6 is 0 Å². The van der Waals surface area contributed by atoms with Crippen LogP contribution in [0.2, 0.25) is 0 Å². The minimum atomic E-state index is -0.944. The number of hydrogen-bond donors (Lipinski definition) is 2. The average Bonchev–Trinajstić information content (AvgIpc) is 3.02. The first kappa shape index (κ1) is 15.7. The lowest BCUT2D eigenvalue weighted by Gasteiger charge is -2.49. The predicted octanol–water partition coefficient (Wildman–Crippen LogP) is 3.31. The van der Waals surface area contributed by atoms with Crippen molar-refractivity contribution in [1.29, 1.82) is 0 Å². The van der Waals surface area contributed by atoms with Crippen molar-refractivity contribution in [3.63, 3.8) is 0 Å². The fraction of sp³-hybridized carbons (Fsp3) is 0.579. The zero-order chi connectivity index (χ0) is 15.5. The zero-order valence-corrected chi connectivity index (χ0v) is 13.1. The summed E-state index contributed by atoms with van der Waals surface area (Å²) in [5.74, 6) is 0. The van der Waals surface area contributed by atoms with Crippen molar-refractivity contribution in [1.82, 2.24) is 0 Å². The summed E-state index contributed by atoms with van der Waals surface area (Å²) in [6.07, 6.45) is 8.11. The average molecular weight is 302 g/mol. The molecule has 1 aromatic carbocycles. The Labute approximate surface area is 132 Å². The first-order valence-corrected chi connectivity index (χ1v) is 8.43. The Morgan fingerprint density at radius 3 is 2.59 bits per heavy atom. The summed E-state index contributed by atoms with van der Waals surface area (Å²) in [6, 6.07) is 10.2. The fourth-order valence-corrected chi connectivity index (χ4v) is 4.16. The Morgan fingerprint density at radius 2 is 1.91 bits per heavy atom. The number of ether oxygens (including phenoxy) is 1. The van der Waals surface area contributed by atoms with Crippen LogP contribution in [0.1, 0.15) is 50.5 Å². The van der Waals surface area contributed by atoms with Gasteiger partial charge in [0.05, 0.1) is 0 Å². The minimum Gasteiger partial charge on any atom is -0.396 e. The van der Waals surface area contributed by atoms with E-state index in [1.165, 1.54) is 0 Å². The van der Waals surface area contributed by atoms with Crippen LogP contribution in [-0.2, 0) is 4.74 Å². The van der Waals surface area contributed by atoms with E-state index in [0.717, 1.165) is 49.8 Å². The molecule has 2 aliphatic rings. The van der Waals surface area contributed by atoms with Crippen molar-refractivity contribution in [2.24, 2.45) is 0 Å². The first-order valence-electron chi connectivity index (χ1n) is 8.43. The Kier molecular flexibility index (Phi) is 4.67. The molecule has 120 valence electrons. The van der Waals surface area contributed by atoms with Gasteiger partial charge in [-0.15, -0.1) is 0 Å². The van der Waals surface area contributed by atoms with E-state index >= 15 is 0 Å². The van der Waals surface area contributed by atoms with E-state index in [1.807, 2.05) is 18.2 Å². The van der Waals surface area contributed by atoms with Crippen LogP contribution in [-0.4, -0.2) is 34.6 Å². The predicted molar refractivity (Wildman–Crippen MR) is 87.5 cm³/mol. The quantitative estimate of drug-likeness (QED) is 0.897. The molecule has 1 spiro atoms. The van der Waals surface area contributed by atoms with Crippen LogP contribution in [0.25, 0.3) is 6.08 Å². The Bertz CT molecular complexity index is 517. The molecule has 2 fully saturated rings. The van der Waals surface area contributed by atoms with Gasteiger partial charge in [0.25, 0.3) is 0 Å². The van der Waals surface area contributed by atoms with E-state index in [1.54, 1.807) is 0 Å². The van der Waals surface area contributed by atoms with Crippen molar-refractivity contribution in [3.8, 4) is 0 Å². The van der Waals surface area contributed by atoms with Crippen molar-refractivity contribution in [2.75, 3.05) is 13.2 Å². The second kappa shape index (κ2) is 6.53. The molecule has 1 aliphatic carbocycles. The third-order valence-electron chi connectivity index (χ3n) is 5.25. The molecular weight excluding hydrogens is 276 g/mol. The van der Waals surface area contributed by atoms with E-state index in [2.05, 4.69) is 18.2 Å². The smallest absolute Gasteiger partial charge is 0.115 e. The molecule has 0 bridgehead atoms. The van der Waals surface area contributed by atoms with Gasteiger partial charge in [-0.1, -0.05) is 36.4 Å². The zero-order valence-electron chi connectivity index (χ0n) is 13.1. The van der Waals surface area contributed by atoms with E-state index in [9.17, 15) is 10.2 Å². The maximum atomic E-state index is 11.6. The van der Waals surface area contributed by atoms with Crippen LogP contribution < -0.4 is 0 Å². The molecular formula is C19H26O3. The summed E-state index contributed by atoms with van der Waals surface area (Å²) >= 11 is 0. The SMILES string of the molecule is OCCC[C@]1(O)/C(=C/c2ccccc2)CCC[C@@]12CCCO2. The number of benzene rings is 1. The molecule has 2 atom stereocenters. The summed E-state index contributed by atoms with van der Waals surface area (Å²) in [4.78, 5) is 0. The van der Waals surface area contributed by atoms with Crippen LogP contribution in [0, 0.1) is 0 Å². The minimum absolute atomic E-state index is 0.108. The van der Waals surface area contributed by atoms with Crippen molar-refractivity contribution in [3.05, 3.63) is 41.5 Å². The molecule has 1 heterocycles. The van der Waals surface area contributed by atoms with E-state index in [-0.39, 0.29) is 6.61 Å². The normalized spacial score (nSPS) is 33.6. The largest absolute Gasteiger partial charge is 0.396 e. The number of rotatable bonds is 4. The van der Waals surface area contributed by atoms with Gasteiger partial charge < -0.3 is 14.9 Å². The van der Waals surface area contributed by atoms with E-state index in [4.69, 9.17) is 4.74 Å². The van der Waals surface area contributed by atoms with E-state index < -0.39 is 11.2 Å². The molecule has 22 heavy (non-hydrogen) atoms. The Balaban J connectivity index is 1.97. The van der Waals surface area contributed by atoms with Crippen LogP contribution in [0.5, 0.6) is 0 Å². The Morgan fingerprint density at radius 1 is 1.14 bits per heavy atom. The molecule has 1 aliphatic heterocycles. The second-order valence-corrected chi connectivity index (χ2v) is 6.57. The molecule has 1 saturated heterocycles. The highest BCUT2D eigenvalue weighted by molar-refractivity contribution is 5.56. The topological polar surface area (TPSA) is 49.7 Å². The summed E-state index contributed by atoms with van der Waals surface area (Å²) in [5, 5.41) is 20.8. The summed E-state index contributed by atoms with van der Waals surface area (Å²) in [6.45, 7) is 0.844. The molecule has 2 N–H and O–H groups in total. The van der Waals surface area contributed by atoms with Crippen molar-refractivity contribution in [2.45, 2.75) is 56.1 Å². The molecule has 3 heteroatoms. The lowest BCUT2D eigenvalue weighted by Crippen LogP contribution is -2.57. The third kappa shape index (κ3) is 2.73. The van der Waals surface area contributed by atoms with Crippen LogP contribution in [0.3, 0.4) is 0 Å². The lowest BCUT2D eigenvalue weighted by molar-refractivity contribution is -0.159. The maximum Gasteiger partial charge on any atom is 0.115 e. The molecule has 3 nitrogen and oxygen atoms in total. The highest BCUT2D eigenvalue weighted by Gasteiger charge is 2.56. The van der Waals surface area contributed by atoms with Crippen molar-refractivity contribution < 1.29 is 14.9 Å². The van der Waals surface area contributed by atoms with Gasteiger partial charge in [0.2, 0.25) is 0 Å². The lowest BCUT2D eigenvalue weighted by atomic mass is 9.65. The number of aliphatic hydroxyl groups is 2. The third-order valence-corrected chi connectivity index (χ3v) is 5.25. The fourth-order valence-electron chi connectivity index (χ4n) is 4.16. The highest BCUT2D eigenvalue weighted by atomic mass is 16.5. The second-order valence-electron chi connectivity index (χ2n) is 6.57. The number of aliphatic hydroxyl groups excluding tert-OH is 1. The standard InChI is InChI=1S/C19H26O3/c20-13-5-12-19(21)17(15-16-7-2-1-3-8-16)9-4-10-18(19)11-6-14-22-18/h1-3,7-8,15,20-21H,4-6,9-14H2/b17-15+/t18-,19+/m1/s1. The molecule has 3 rings (SSSR count). The van der Waals surface area contributed by atoms with E-state index in [0.29, 0.717) is 12.8 Å². The van der Waals surface area contributed by atoms with Gasteiger partial charge in [-0.05, 0) is 56.1 Å². The molecule has 0 radical (unpaired) electrons. The van der Waals surface area contributed by atoms with Gasteiger partial charge in [0.1, 0.15) is 11.2 Å². The summed E-state index contributed by atoms with van der Waals surface area (Å²) < 4.78 is 6.09. The van der Waals surface area contributed by atoms with Crippen LogP contribution in [0.15, 0.2) is 35.9 Å².